The molecule has 28 heavy (non-hydrogen) atoms. The van der Waals surface area contributed by atoms with Crippen molar-refractivity contribution < 1.29 is 4.79 Å². The molecule has 1 N–H and O–H groups in total. The molecule has 5 rings (SSSR count). The first-order valence-electron chi connectivity index (χ1n) is 9.80. The molecule has 1 saturated heterocycles. The van der Waals surface area contributed by atoms with Gasteiger partial charge in [-0.3, -0.25) is 4.79 Å². The number of anilines is 1. The molecule has 1 amide bonds. The second-order valence-electron chi connectivity index (χ2n) is 7.30. The number of hydrogen-bond acceptors (Lipinski definition) is 5. The first-order chi connectivity index (χ1) is 13.8. The van der Waals surface area contributed by atoms with Crippen LogP contribution in [0.2, 0.25) is 0 Å². The fraction of sp³-hybridized carbons (Fsp3) is 0.318. The molecule has 0 spiro atoms. The van der Waals surface area contributed by atoms with Gasteiger partial charge in [0.25, 0.3) is 0 Å². The standard InChI is InChI=1S/C22H22N4OS/c27-22(25-18-11-13-28-20-10-4-2-6-15(18)20)19-9-5-12-26(19)21-16-7-1-3-8-17(16)23-14-24-21/h1-4,6-8,10,14,18-19H,5,9,11-13H2,(H,25,27)/t18-,19-/m0/s1. The molecule has 2 aliphatic heterocycles. The molecule has 3 aromatic rings. The van der Waals surface area contributed by atoms with Gasteiger partial charge in [-0.15, -0.1) is 11.8 Å². The van der Waals surface area contributed by atoms with Crippen LogP contribution in [-0.4, -0.2) is 34.2 Å². The van der Waals surface area contributed by atoms with E-state index in [0.29, 0.717) is 0 Å². The Morgan fingerprint density at radius 3 is 2.89 bits per heavy atom. The predicted molar refractivity (Wildman–Crippen MR) is 113 cm³/mol. The topological polar surface area (TPSA) is 58.1 Å². The number of carbonyl (C=O) groups is 1. The summed E-state index contributed by atoms with van der Waals surface area (Å²) in [4.78, 5) is 25.6. The van der Waals surface area contributed by atoms with E-state index < -0.39 is 0 Å². The molecule has 6 heteroatoms. The van der Waals surface area contributed by atoms with E-state index in [0.717, 1.165) is 48.3 Å². The van der Waals surface area contributed by atoms with Crippen molar-refractivity contribution >= 4 is 34.4 Å². The van der Waals surface area contributed by atoms with Crippen LogP contribution in [0.15, 0.2) is 59.8 Å². The van der Waals surface area contributed by atoms with Crippen LogP contribution in [0.5, 0.6) is 0 Å². The highest BCUT2D eigenvalue weighted by atomic mass is 32.2. The summed E-state index contributed by atoms with van der Waals surface area (Å²) in [6, 6.07) is 16.3. The number of nitrogens with zero attached hydrogens (tertiary/aromatic N) is 3. The van der Waals surface area contributed by atoms with Gasteiger partial charge in [0.05, 0.1) is 11.6 Å². The van der Waals surface area contributed by atoms with Crippen molar-refractivity contribution in [1.82, 2.24) is 15.3 Å². The summed E-state index contributed by atoms with van der Waals surface area (Å²) in [7, 11) is 0. The molecule has 1 fully saturated rings. The normalized spacial score (nSPS) is 21.5. The van der Waals surface area contributed by atoms with Crippen molar-refractivity contribution in [2.75, 3.05) is 17.2 Å². The first kappa shape index (κ1) is 17.5. The molecular weight excluding hydrogens is 368 g/mol. The zero-order valence-electron chi connectivity index (χ0n) is 15.5. The summed E-state index contributed by atoms with van der Waals surface area (Å²) in [6.07, 6.45) is 4.41. The Morgan fingerprint density at radius 1 is 1.07 bits per heavy atom. The Bertz CT molecular complexity index is 1020. The molecule has 0 aliphatic carbocycles. The van der Waals surface area contributed by atoms with E-state index in [1.807, 2.05) is 36.0 Å². The van der Waals surface area contributed by atoms with Gasteiger partial charge in [0.2, 0.25) is 5.91 Å². The van der Waals surface area contributed by atoms with Gasteiger partial charge in [-0.05, 0) is 43.0 Å². The van der Waals surface area contributed by atoms with E-state index >= 15 is 0 Å². The first-order valence-corrected chi connectivity index (χ1v) is 10.8. The number of hydrogen-bond donors (Lipinski definition) is 1. The zero-order valence-corrected chi connectivity index (χ0v) is 16.4. The molecule has 0 saturated carbocycles. The van der Waals surface area contributed by atoms with E-state index in [1.54, 1.807) is 6.33 Å². The number of nitrogens with one attached hydrogen (secondary N) is 1. The highest BCUT2D eigenvalue weighted by molar-refractivity contribution is 7.99. The van der Waals surface area contributed by atoms with Crippen LogP contribution >= 0.6 is 11.8 Å². The Hall–Kier alpha value is -2.60. The lowest BCUT2D eigenvalue weighted by Crippen LogP contribution is -2.45. The number of fused-ring (bicyclic) bond motifs is 2. The van der Waals surface area contributed by atoms with E-state index in [1.165, 1.54) is 10.5 Å². The van der Waals surface area contributed by atoms with Crippen LogP contribution in [0.1, 0.15) is 30.9 Å². The fourth-order valence-electron chi connectivity index (χ4n) is 4.27. The van der Waals surface area contributed by atoms with Crippen molar-refractivity contribution in [3.63, 3.8) is 0 Å². The number of aromatic nitrogens is 2. The third-order valence-electron chi connectivity index (χ3n) is 5.62. The predicted octanol–water partition coefficient (Wildman–Crippen LogP) is 3.95. The molecule has 5 nitrogen and oxygen atoms in total. The maximum atomic E-state index is 13.2. The number of carbonyl (C=O) groups excluding carboxylic acids is 1. The van der Waals surface area contributed by atoms with Crippen LogP contribution in [0.4, 0.5) is 5.82 Å². The number of benzene rings is 2. The van der Waals surface area contributed by atoms with Gasteiger partial charge >= 0.3 is 0 Å². The number of amides is 1. The monoisotopic (exact) mass is 390 g/mol. The van der Waals surface area contributed by atoms with Crippen LogP contribution < -0.4 is 10.2 Å². The average Bonchev–Trinajstić information content (AvgIpc) is 3.23. The van der Waals surface area contributed by atoms with E-state index in [-0.39, 0.29) is 18.0 Å². The highest BCUT2D eigenvalue weighted by Crippen LogP contribution is 2.36. The van der Waals surface area contributed by atoms with E-state index in [9.17, 15) is 4.79 Å². The van der Waals surface area contributed by atoms with Crippen LogP contribution in [-0.2, 0) is 4.79 Å². The second-order valence-corrected chi connectivity index (χ2v) is 8.44. The highest BCUT2D eigenvalue weighted by Gasteiger charge is 2.34. The molecule has 0 radical (unpaired) electrons. The van der Waals surface area contributed by atoms with Gasteiger partial charge in [0.1, 0.15) is 18.2 Å². The summed E-state index contributed by atoms with van der Waals surface area (Å²) in [6.45, 7) is 0.843. The van der Waals surface area contributed by atoms with Gasteiger partial charge in [-0.25, -0.2) is 9.97 Å². The summed E-state index contributed by atoms with van der Waals surface area (Å²) >= 11 is 1.87. The lowest BCUT2D eigenvalue weighted by molar-refractivity contribution is -0.123. The maximum Gasteiger partial charge on any atom is 0.243 e. The van der Waals surface area contributed by atoms with Crippen molar-refractivity contribution in [2.24, 2.45) is 0 Å². The Balaban J connectivity index is 1.41. The molecule has 2 aromatic carbocycles. The Morgan fingerprint density at radius 2 is 1.93 bits per heavy atom. The van der Waals surface area contributed by atoms with Gasteiger partial charge in [0, 0.05) is 22.6 Å². The average molecular weight is 391 g/mol. The minimum atomic E-state index is -0.181. The number of para-hydroxylation sites is 1. The SMILES string of the molecule is O=C(N[C@H]1CCSc2ccccc21)[C@@H]1CCCN1c1ncnc2ccccc12. The lowest BCUT2D eigenvalue weighted by atomic mass is 10.0. The van der Waals surface area contributed by atoms with Crippen LogP contribution in [0.25, 0.3) is 10.9 Å². The third-order valence-corrected chi connectivity index (χ3v) is 6.75. The largest absolute Gasteiger partial charge is 0.347 e. The van der Waals surface area contributed by atoms with Gasteiger partial charge in [-0.1, -0.05) is 30.3 Å². The van der Waals surface area contributed by atoms with Crippen molar-refractivity contribution in [3.8, 4) is 0 Å². The maximum absolute atomic E-state index is 13.2. The summed E-state index contributed by atoms with van der Waals surface area (Å²) in [5.41, 5.74) is 2.15. The molecule has 2 aliphatic rings. The smallest absolute Gasteiger partial charge is 0.243 e. The minimum Gasteiger partial charge on any atom is -0.347 e. The van der Waals surface area contributed by atoms with Gasteiger partial charge in [-0.2, -0.15) is 0 Å². The molecule has 0 bridgehead atoms. The quantitative estimate of drug-likeness (QED) is 0.734. The van der Waals surface area contributed by atoms with Gasteiger partial charge < -0.3 is 10.2 Å². The number of rotatable bonds is 3. The summed E-state index contributed by atoms with van der Waals surface area (Å²) < 4.78 is 0. The van der Waals surface area contributed by atoms with Gasteiger partial charge in [0.15, 0.2) is 0 Å². The molecule has 1 aromatic heterocycles. The third kappa shape index (κ3) is 3.11. The van der Waals surface area contributed by atoms with E-state index in [2.05, 4.69) is 44.5 Å². The second kappa shape index (κ2) is 7.43. The van der Waals surface area contributed by atoms with Crippen molar-refractivity contribution in [1.29, 1.82) is 0 Å². The van der Waals surface area contributed by atoms with Crippen molar-refractivity contribution in [2.45, 2.75) is 36.2 Å². The molecule has 0 unspecified atom stereocenters. The summed E-state index contributed by atoms with van der Waals surface area (Å²) in [5.74, 6) is 2.00. The van der Waals surface area contributed by atoms with Crippen LogP contribution in [0, 0.1) is 0 Å². The molecule has 142 valence electrons. The Labute approximate surface area is 168 Å². The number of thioether (sulfide) groups is 1. The molecule has 3 heterocycles. The summed E-state index contributed by atoms with van der Waals surface area (Å²) in [5, 5.41) is 4.33. The van der Waals surface area contributed by atoms with Crippen molar-refractivity contribution in [3.05, 3.63) is 60.4 Å². The minimum absolute atomic E-state index is 0.0922. The van der Waals surface area contributed by atoms with Crippen LogP contribution in [0.3, 0.4) is 0 Å². The molecule has 2 atom stereocenters. The fourth-order valence-corrected chi connectivity index (χ4v) is 5.40. The molecular formula is C22H22N4OS. The zero-order chi connectivity index (χ0) is 18.9. The Kier molecular flexibility index (Phi) is 4.64. The van der Waals surface area contributed by atoms with E-state index in [4.69, 9.17) is 0 Å². The lowest BCUT2D eigenvalue weighted by Gasteiger charge is -2.30.